The van der Waals surface area contributed by atoms with E-state index in [1.54, 1.807) is 7.11 Å². The number of rotatable bonds is 5. The Morgan fingerprint density at radius 2 is 2.12 bits per heavy atom. The molecule has 0 aromatic heterocycles. The van der Waals surface area contributed by atoms with Gasteiger partial charge in [0.25, 0.3) is 0 Å². The lowest BCUT2D eigenvalue weighted by atomic mass is 10.1. The van der Waals surface area contributed by atoms with E-state index in [0.717, 1.165) is 19.4 Å². The molecular formula is C14H20O3. The smallest absolute Gasteiger partial charge is 0.0833 e. The van der Waals surface area contributed by atoms with Crippen LogP contribution >= 0.6 is 0 Å². The summed E-state index contributed by atoms with van der Waals surface area (Å²) < 4.78 is 16.7. The van der Waals surface area contributed by atoms with Crippen molar-refractivity contribution in [1.29, 1.82) is 0 Å². The molecule has 3 heteroatoms. The summed E-state index contributed by atoms with van der Waals surface area (Å²) in [4.78, 5) is 0. The van der Waals surface area contributed by atoms with Gasteiger partial charge >= 0.3 is 0 Å². The molecule has 1 aliphatic rings. The molecule has 3 nitrogen and oxygen atoms in total. The number of ether oxygens (including phenoxy) is 3. The Morgan fingerprint density at radius 3 is 2.88 bits per heavy atom. The third-order valence-electron chi connectivity index (χ3n) is 3.07. The second-order valence-electron chi connectivity index (χ2n) is 4.38. The molecule has 0 radical (unpaired) electrons. The largest absolute Gasteiger partial charge is 0.381 e. The number of methoxy groups -OCH3 is 1. The molecule has 1 aromatic rings. The number of hydrogen-bond acceptors (Lipinski definition) is 3. The molecule has 0 N–H and O–H groups in total. The monoisotopic (exact) mass is 236 g/mol. The van der Waals surface area contributed by atoms with Crippen molar-refractivity contribution in [2.24, 2.45) is 0 Å². The van der Waals surface area contributed by atoms with E-state index in [2.05, 4.69) is 12.1 Å². The van der Waals surface area contributed by atoms with Gasteiger partial charge in [-0.3, -0.25) is 0 Å². The van der Waals surface area contributed by atoms with Crippen LogP contribution in [0.4, 0.5) is 0 Å². The number of hydrogen-bond donors (Lipinski definition) is 0. The van der Waals surface area contributed by atoms with Gasteiger partial charge in [-0.05, 0) is 12.0 Å². The maximum Gasteiger partial charge on any atom is 0.0833 e. The molecule has 1 aliphatic heterocycles. The highest BCUT2D eigenvalue weighted by molar-refractivity contribution is 5.13. The lowest BCUT2D eigenvalue weighted by Gasteiger charge is -2.28. The van der Waals surface area contributed by atoms with Crippen LogP contribution in [0, 0.1) is 0 Å². The van der Waals surface area contributed by atoms with E-state index in [1.807, 2.05) is 18.2 Å². The van der Waals surface area contributed by atoms with E-state index in [4.69, 9.17) is 14.2 Å². The van der Waals surface area contributed by atoms with Gasteiger partial charge < -0.3 is 14.2 Å². The first-order valence-electron chi connectivity index (χ1n) is 6.14. The van der Waals surface area contributed by atoms with Crippen LogP contribution in [-0.4, -0.2) is 32.5 Å². The molecule has 94 valence electrons. The topological polar surface area (TPSA) is 27.7 Å². The Hall–Kier alpha value is -0.900. The fourth-order valence-corrected chi connectivity index (χ4v) is 2.06. The van der Waals surface area contributed by atoms with Gasteiger partial charge in [0, 0.05) is 20.1 Å². The molecular weight excluding hydrogens is 216 g/mol. The van der Waals surface area contributed by atoms with Crippen LogP contribution in [0.1, 0.15) is 18.4 Å². The van der Waals surface area contributed by atoms with Crippen LogP contribution in [0.25, 0.3) is 0 Å². The summed E-state index contributed by atoms with van der Waals surface area (Å²) in [6.45, 7) is 2.07. The highest BCUT2D eigenvalue weighted by atomic mass is 16.5. The summed E-state index contributed by atoms with van der Waals surface area (Å²) in [6, 6.07) is 10.2. The lowest BCUT2D eigenvalue weighted by Crippen LogP contribution is -2.33. The van der Waals surface area contributed by atoms with E-state index in [-0.39, 0.29) is 6.10 Å². The highest BCUT2D eigenvalue weighted by Gasteiger charge is 2.22. The van der Waals surface area contributed by atoms with Crippen molar-refractivity contribution in [3.05, 3.63) is 35.9 Å². The van der Waals surface area contributed by atoms with E-state index < -0.39 is 0 Å². The zero-order valence-corrected chi connectivity index (χ0v) is 10.3. The van der Waals surface area contributed by atoms with Crippen molar-refractivity contribution in [1.82, 2.24) is 0 Å². The summed E-state index contributed by atoms with van der Waals surface area (Å²) in [7, 11) is 1.76. The van der Waals surface area contributed by atoms with E-state index in [9.17, 15) is 0 Å². The van der Waals surface area contributed by atoms with Gasteiger partial charge in [-0.25, -0.2) is 0 Å². The van der Waals surface area contributed by atoms with Crippen LogP contribution in [0.15, 0.2) is 30.3 Å². The van der Waals surface area contributed by atoms with Crippen molar-refractivity contribution in [2.75, 3.05) is 20.3 Å². The third-order valence-corrected chi connectivity index (χ3v) is 3.07. The summed E-state index contributed by atoms with van der Waals surface area (Å²) in [5.74, 6) is 0. The van der Waals surface area contributed by atoms with E-state index >= 15 is 0 Å². The minimum Gasteiger partial charge on any atom is -0.381 e. The second-order valence-corrected chi connectivity index (χ2v) is 4.38. The van der Waals surface area contributed by atoms with Crippen LogP contribution in [0.3, 0.4) is 0 Å². The summed E-state index contributed by atoms with van der Waals surface area (Å²) >= 11 is 0. The summed E-state index contributed by atoms with van der Waals surface area (Å²) in [5.41, 5.74) is 1.20. The summed E-state index contributed by atoms with van der Waals surface area (Å²) in [5, 5.41) is 0. The first kappa shape index (κ1) is 12.6. The van der Waals surface area contributed by atoms with Crippen LogP contribution < -0.4 is 0 Å². The predicted octanol–water partition coefficient (Wildman–Crippen LogP) is 2.40. The minimum atomic E-state index is 0.178. The van der Waals surface area contributed by atoms with Crippen molar-refractivity contribution >= 4 is 0 Å². The molecule has 2 rings (SSSR count). The molecule has 1 saturated heterocycles. The minimum absolute atomic E-state index is 0.178. The van der Waals surface area contributed by atoms with Gasteiger partial charge in [-0.15, -0.1) is 0 Å². The van der Waals surface area contributed by atoms with E-state index in [1.165, 1.54) is 5.56 Å². The fourth-order valence-electron chi connectivity index (χ4n) is 2.06. The van der Waals surface area contributed by atoms with Gasteiger partial charge in [0.2, 0.25) is 0 Å². The van der Waals surface area contributed by atoms with Gasteiger partial charge in [-0.2, -0.15) is 0 Å². The van der Waals surface area contributed by atoms with Gasteiger partial charge in [-0.1, -0.05) is 30.3 Å². The third kappa shape index (κ3) is 4.11. The maximum absolute atomic E-state index is 5.67. The quantitative estimate of drug-likeness (QED) is 0.785. The molecule has 1 fully saturated rings. The van der Waals surface area contributed by atoms with Gasteiger partial charge in [0.05, 0.1) is 25.4 Å². The summed E-state index contributed by atoms with van der Waals surface area (Å²) in [6.07, 6.45) is 2.43. The SMILES string of the molecule is CO[C@@H]1CCO[C@H](COCc2ccccc2)C1. The van der Waals surface area contributed by atoms with Crippen molar-refractivity contribution < 1.29 is 14.2 Å². The Bertz CT molecular complexity index is 313. The van der Waals surface area contributed by atoms with Crippen molar-refractivity contribution in [2.45, 2.75) is 31.7 Å². The molecule has 0 unspecified atom stereocenters. The van der Waals surface area contributed by atoms with Crippen molar-refractivity contribution in [3.8, 4) is 0 Å². The lowest BCUT2D eigenvalue weighted by molar-refractivity contribution is -0.0904. The Morgan fingerprint density at radius 1 is 1.29 bits per heavy atom. The average molecular weight is 236 g/mol. The van der Waals surface area contributed by atoms with Crippen LogP contribution in [0.2, 0.25) is 0 Å². The molecule has 0 bridgehead atoms. The van der Waals surface area contributed by atoms with Gasteiger partial charge in [0.15, 0.2) is 0 Å². The first-order chi connectivity index (χ1) is 8.38. The second kappa shape index (κ2) is 6.74. The molecule has 0 saturated carbocycles. The molecule has 1 heterocycles. The molecule has 0 aliphatic carbocycles. The zero-order chi connectivity index (χ0) is 11.9. The number of benzene rings is 1. The van der Waals surface area contributed by atoms with Crippen LogP contribution in [0.5, 0.6) is 0 Å². The molecule has 17 heavy (non-hydrogen) atoms. The molecule has 2 atom stereocenters. The fraction of sp³-hybridized carbons (Fsp3) is 0.571. The molecule has 0 spiro atoms. The van der Waals surface area contributed by atoms with E-state index in [0.29, 0.717) is 19.3 Å². The Kier molecular flexibility index (Phi) is 4.98. The molecule has 1 aromatic carbocycles. The average Bonchev–Trinajstić information content (AvgIpc) is 2.40. The Labute approximate surface area is 103 Å². The van der Waals surface area contributed by atoms with Crippen molar-refractivity contribution in [3.63, 3.8) is 0 Å². The zero-order valence-electron chi connectivity index (χ0n) is 10.3. The standard InChI is InChI=1S/C14H20O3/c1-15-13-7-8-17-14(9-13)11-16-10-12-5-3-2-4-6-12/h2-6,13-14H,7-11H2,1H3/t13-,14+/m1/s1. The van der Waals surface area contributed by atoms with Gasteiger partial charge in [0.1, 0.15) is 0 Å². The Balaban J connectivity index is 1.68. The predicted molar refractivity (Wildman–Crippen MR) is 65.9 cm³/mol. The molecule has 0 amide bonds. The maximum atomic E-state index is 5.67. The normalized spacial score (nSPS) is 24.8. The highest BCUT2D eigenvalue weighted by Crippen LogP contribution is 2.16. The van der Waals surface area contributed by atoms with Crippen LogP contribution in [-0.2, 0) is 20.8 Å². The first-order valence-corrected chi connectivity index (χ1v) is 6.14.